The van der Waals surface area contributed by atoms with E-state index in [1.165, 1.54) is 0 Å². The summed E-state index contributed by atoms with van der Waals surface area (Å²) in [7, 11) is 0. The number of alkyl carbamates (subject to hydrolysis) is 1. The van der Waals surface area contributed by atoms with Crippen LogP contribution < -0.4 is 21.7 Å². The van der Waals surface area contributed by atoms with E-state index in [2.05, 4.69) is 16.0 Å². The number of nitrogens with zero attached hydrogens (tertiary/aromatic N) is 2. The molecule has 0 spiro atoms. The summed E-state index contributed by atoms with van der Waals surface area (Å²) < 4.78 is 164. The number of nitrogens with one attached hydrogen (secondary N) is 3. The van der Waals surface area contributed by atoms with E-state index in [-0.39, 0.29) is 58.0 Å². The van der Waals surface area contributed by atoms with Crippen molar-refractivity contribution in [2.45, 2.75) is 126 Å². The van der Waals surface area contributed by atoms with E-state index < -0.39 is 163 Å². The van der Waals surface area contributed by atoms with Crippen molar-refractivity contribution in [2.75, 3.05) is 26.2 Å². The number of ether oxygens (including phenoxy) is 1. The third-order valence-corrected chi connectivity index (χ3v) is 10.1. The highest BCUT2D eigenvalue weighted by Gasteiger charge is 2.43. The third kappa shape index (κ3) is 21.7. The van der Waals surface area contributed by atoms with Crippen LogP contribution in [0.25, 0.3) is 0 Å². The van der Waals surface area contributed by atoms with Gasteiger partial charge in [0.25, 0.3) is 0 Å². The molecule has 2 saturated heterocycles. The predicted molar refractivity (Wildman–Crippen MR) is 227 cm³/mol. The zero-order valence-electron chi connectivity index (χ0n) is 38.8. The number of carbonyl (C=O) groups is 7. The molecule has 0 saturated carbocycles. The van der Waals surface area contributed by atoms with Gasteiger partial charge in [0.2, 0.25) is 23.6 Å². The molecule has 2 heterocycles. The Labute approximate surface area is 408 Å². The number of hydrogen-bond acceptors (Lipinski definition) is 11. The lowest BCUT2D eigenvalue weighted by Crippen LogP contribution is -2.51. The van der Waals surface area contributed by atoms with E-state index >= 15 is 0 Å². The molecule has 2 aliphatic rings. The van der Waals surface area contributed by atoms with E-state index in [9.17, 15) is 86.2 Å². The first-order valence-corrected chi connectivity index (χ1v) is 21.6. The van der Waals surface area contributed by atoms with Crippen LogP contribution in [0.15, 0.2) is 24.3 Å². The van der Waals surface area contributed by atoms with Gasteiger partial charge in [-0.15, -0.1) is 0 Å². The molecule has 5 amide bonds. The zero-order chi connectivity index (χ0) is 55.9. The fraction of sp³-hybridized carbons (Fsp3) is 0.558. The molecule has 1 unspecified atom stereocenters. The third-order valence-electron chi connectivity index (χ3n) is 10.1. The van der Waals surface area contributed by atoms with Gasteiger partial charge >= 0.3 is 30.4 Å². The minimum absolute atomic E-state index is 0. The Bertz CT molecular complexity index is 2280. The number of rotatable bonds is 14. The highest BCUT2D eigenvalue weighted by atomic mass is 19.4. The Morgan fingerprint density at radius 3 is 1.41 bits per heavy atom. The molecule has 2 aromatic carbocycles. The normalized spacial score (nSPS) is 18.1. The number of halogens is 12. The molecule has 412 valence electrons. The van der Waals surface area contributed by atoms with Crippen LogP contribution in [0.5, 0.6) is 0 Å². The average Bonchev–Trinajstić information content (AvgIpc) is 3.53. The zero-order valence-corrected chi connectivity index (χ0v) is 38.8. The average molecular weight is 1070 g/mol. The number of hydrogen-bond donors (Lipinski definition) is 8. The molecule has 30 heteroatoms. The predicted octanol–water partition coefficient (Wildman–Crippen LogP) is 3.76. The van der Waals surface area contributed by atoms with Gasteiger partial charge in [0.05, 0.1) is 12.8 Å². The molecule has 0 aliphatic carbocycles. The van der Waals surface area contributed by atoms with Crippen LogP contribution in [-0.4, -0.2) is 152 Å². The molecular weight excluding hydrogens is 1020 g/mol. The first-order valence-electron chi connectivity index (χ1n) is 21.6. The van der Waals surface area contributed by atoms with E-state index in [1.807, 2.05) is 0 Å². The summed E-state index contributed by atoms with van der Waals surface area (Å²) in [6.07, 6.45) is -19.6. The van der Waals surface area contributed by atoms with Crippen molar-refractivity contribution in [1.29, 1.82) is 0 Å². The van der Waals surface area contributed by atoms with Gasteiger partial charge < -0.3 is 56.6 Å². The van der Waals surface area contributed by atoms with Crippen molar-refractivity contribution in [1.82, 2.24) is 25.8 Å². The fourth-order valence-corrected chi connectivity index (χ4v) is 6.84. The van der Waals surface area contributed by atoms with Crippen LogP contribution in [0.3, 0.4) is 0 Å². The van der Waals surface area contributed by atoms with Crippen LogP contribution in [-0.2, 0) is 46.3 Å². The Morgan fingerprint density at radius 1 is 0.671 bits per heavy atom. The smallest absolute Gasteiger partial charge is 0.407 e. The largest absolute Gasteiger partial charge is 0.479 e. The molecule has 6 atom stereocenters. The summed E-state index contributed by atoms with van der Waals surface area (Å²) in [4.78, 5) is 83.0. The van der Waals surface area contributed by atoms with Gasteiger partial charge in [-0.1, -0.05) is 0 Å². The van der Waals surface area contributed by atoms with Gasteiger partial charge in [0.1, 0.15) is 29.3 Å². The Kier molecular flexibility index (Phi) is 23.2. The summed E-state index contributed by atoms with van der Waals surface area (Å²) in [6.45, 7) is 4.61. The maximum Gasteiger partial charge on any atom is 0.407 e. The monoisotopic (exact) mass is 1070 g/mol. The van der Waals surface area contributed by atoms with E-state index in [0.29, 0.717) is 24.3 Å². The number of amides is 5. The second-order valence-electron chi connectivity index (χ2n) is 17.3. The van der Waals surface area contributed by atoms with Gasteiger partial charge in [0.15, 0.2) is 35.5 Å². The molecule has 2 aromatic rings. The van der Waals surface area contributed by atoms with Crippen molar-refractivity contribution in [2.24, 2.45) is 5.73 Å². The van der Waals surface area contributed by atoms with Crippen LogP contribution in [0.1, 0.15) is 71.8 Å². The van der Waals surface area contributed by atoms with Crippen molar-refractivity contribution in [3.63, 3.8) is 0 Å². The summed E-state index contributed by atoms with van der Waals surface area (Å²) in [5, 5.41) is 39.5. The molecule has 2 fully saturated rings. The second kappa shape index (κ2) is 27.0. The van der Waals surface area contributed by atoms with Crippen LogP contribution in [0.4, 0.5) is 57.5 Å². The Hall–Kier alpha value is -6.43. The highest BCUT2D eigenvalue weighted by Crippen LogP contribution is 2.28. The van der Waals surface area contributed by atoms with Gasteiger partial charge in [-0.3, -0.25) is 19.2 Å². The Morgan fingerprint density at radius 2 is 1.04 bits per heavy atom. The van der Waals surface area contributed by atoms with E-state index in [0.717, 1.165) is 9.80 Å². The molecular formula is C43H54F12N6O12. The topological polar surface area (TPSA) is 278 Å². The lowest BCUT2D eigenvalue weighted by molar-refractivity contribution is -0.165. The molecule has 0 aromatic heterocycles. The number of benzene rings is 2. The standard InChI is InChI=1S/C22H27F6N3O4.C17H19F6N3O2.C4H6O6.H2/c1-21(2,3)35-20(34)30-13(7-12-8-15(24)16(25)10-14(12)23)9-18(32)31-6-4-5-29-19(33)17(31)11-22(26,27)28;18-11-7-13(20)12(19)5-9(11)4-10(24)6-15(27)26-3-1-2-25-16(28)14(26)8-17(21,22)23;5-1(3(7)8)2(6)4(9)10;/h8,10,13,17H,4-7,9,11H2,1-3H3,(H,29,33)(H,30,34);5,7,10,14H,1-4,6,8,24H2,(H,25,28);1-2,5-6H,(H,7,8)(H,9,10);1H/t13-,17-;10-,14-;1-,2?;/m110./s1. The summed E-state index contributed by atoms with van der Waals surface area (Å²) in [5.41, 5.74) is 4.17. The molecule has 2 aliphatic heterocycles. The first-order chi connectivity index (χ1) is 33.5. The molecule has 18 nitrogen and oxygen atoms in total. The maximum absolute atomic E-state index is 14.2. The summed E-state index contributed by atoms with van der Waals surface area (Å²) >= 11 is 0. The van der Waals surface area contributed by atoms with E-state index in [1.54, 1.807) is 20.8 Å². The lowest BCUT2D eigenvalue weighted by atomic mass is 10.0. The number of nitrogens with two attached hydrogens (primary N) is 1. The minimum atomic E-state index is -4.74. The summed E-state index contributed by atoms with van der Waals surface area (Å²) in [6, 6.07) is -4.06. The minimum Gasteiger partial charge on any atom is -0.479 e. The van der Waals surface area contributed by atoms with Crippen molar-refractivity contribution >= 4 is 41.7 Å². The highest BCUT2D eigenvalue weighted by molar-refractivity contribution is 5.89. The number of aliphatic hydroxyl groups is 2. The molecule has 4 rings (SSSR count). The lowest BCUT2D eigenvalue weighted by Gasteiger charge is -2.31. The van der Waals surface area contributed by atoms with Crippen molar-refractivity contribution in [3.8, 4) is 0 Å². The maximum atomic E-state index is 14.2. The SMILES string of the molecule is CC(C)(C)OC(=O)N[C@@H](CC(=O)N1CCCNC(=O)[C@H]1CC(F)(F)F)Cc1cc(F)c(F)cc1F.N[C@@H](CC(=O)N1CCCNC(=O)[C@H]1CC(F)(F)F)Cc1cc(F)c(F)cc1F.O=C(O)C(O)[C@H](O)C(=O)O.[HH]. The fourth-order valence-electron chi connectivity index (χ4n) is 6.84. The number of aliphatic hydroxyl groups excluding tert-OH is 2. The number of alkyl halides is 6. The summed E-state index contributed by atoms with van der Waals surface area (Å²) in [5.74, 6) is -14.8. The molecule has 0 radical (unpaired) electrons. The number of carboxylic acids is 2. The van der Waals surface area contributed by atoms with Crippen molar-refractivity contribution < 1.29 is 113 Å². The quantitative estimate of drug-likeness (QED) is 0.0991. The van der Waals surface area contributed by atoms with Gasteiger partial charge in [-0.05, 0) is 69.7 Å². The number of carbonyl (C=O) groups excluding carboxylic acids is 5. The van der Waals surface area contributed by atoms with Crippen molar-refractivity contribution in [3.05, 3.63) is 70.3 Å². The van der Waals surface area contributed by atoms with Gasteiger partial charge in [-0.2, -0.15) is 26.3 Å². The van der Waals surface area contributed by atoms with Crippen LogP contribution in [0.2, 0.25) is 0 Å². The number of aliphatic carboxylic acids is 2. The van der Waals surface area contributed by atoms with E-state index in [4.69, 9.17) is 30.9 Å². The molecule has 9 N–H and O–H groups in total. The van der Waals surface area contributed by atoms with Gasteiger partial charge in [0, 0.05) is 64.7 Å². The van der Waals surface area contributed by atoms with Gasteiger partial charge in [-0.25, -0.2) is 40.7 Å². The molecule has 73 heavy (non-hydrogen) atoms. The Balaban J connectivity index is 0.000000627. The van der Waals surface area contributed by atoms with Crippen LogP contribution in [0, 0.1) is 34.9 Å². The molecule has 0 bridgehead atoms. The number of carboxylic acid groups (broad SMARTS) is 2. The second-order valence-corrected chi connectivity index (χ2v) is 17.3. The van der Waals surface area contributed by atoms with Crippen LogP contribution >= 0.6 is 0 Å². The first kappa shape index (κ1) is 62.7.